The molecular formula is C23H23N5O3S. The number of imidazole rings is 1. The molecule has 0 saturated carbocycles. The van der Waals surface area contributed by atoms with Gasteiger partial charge in [-0.2, -0.15) is 5.10 Å². The molecule has 0 fully saturated rings. The zero-order valence-corrected chi connectivity index (χ0v) is 19.3. The number of fused-ring (bicyclic) bond motifs is 1. The normalized spacial score (nSPS) is 11.5. The van der Waals surface area contributed by atoms with Crippen molar-refractivity contribution >= 4 is 34.5 Å². The molecule has 4 rings (SSSR count). The second-order valence-electron chi connectivity index (χ2n) is 8.41. The number of hydrogen-bond donors (Lipinski definition) is 1. The van der Waals surface area contributed by atoms with Crippen molar-refractivity contribution in [3.8, 4) is 22.0 Å². The van der Waals surface area contributed by atoms with E-state index in [4.69, 9.17) is 4.74 Å². The highest BCUT2D eigenvalue weighted by Gasteiger charge is 2.22. The lowest BCUT2D eigenvalue weighted by Gasteiger charge is -2.19. The van der Waals surface area contributed by atoms with Crippen LogP contribution in [0.5, 0.6) is 0 Å². The van der Waals surface area contributed by atoms with Gasteiger partial charge in [0, 0.05) is 22.0 Å². The van der Waals surface area contributed by atoms with Gasteiger partial charge in [0.05, 0.1) is 19.0 Å². The number of thiazole rings is 1. The van der Waals surface area contributed by atoms with E-state index in [1.54, 1.807) is 9.90 Å². The Hall–Kier alpha value is -3.59. The molecule has 0 aliphatic rings. The van der Waals surface area contributed by atoms with E-state index < -0.39 is 11.4 Å². The van der Waals surface area contributed by atoms with Crippen LogP contribution in [0.4, 0.5) is 5.69 Å². The second-order valence-corrected chi connectivity index (χ2v) is 9.27. The molecule has 0 aliphatic heterocycles. The number of nitrogens with zero attached hydrogens (tertiary/aromatic N) is 4. The molecule has 9 heteroatoms. The van der Waals surface area contributed by atoms with E-state index in [1.165, 1.54) is 18.4 Å². The number of carbonyl (C=O) groups excluding carboxylic acids is 2. The lowest BCUT2D eigenvalue weighted by molar-refractivity contribution is -0.123. The van der Waals surface area contributed by atoms with Crippen LogP contribution in [0.25, 0.3) is 27.6 Å². The first-order valence-electron chi connectivity index (χ1n) is 9.99. The molecule has 1 amide bonds. The maximum Gasteiger partial charge on any atom is 0.357 e. The highest BCUT2D eigenvalue weighted by Crippen LogP contribution is 2.28. The van der Waals surface area contributed by atoms with Crippen molar-refractivity contribution in [2.45, 2.75) is 27.7 Å². The van der Waals surface area contributed by atoms with Crippen LogP contribution in [0.3, 0.4) is 0 Å². The van der Waals surface area contributed by atoms with Gasteiger partial charge < -0.3 is 10.1 Å². The maximum absolute atomic E-state index is 12.4. The summed E-state index contributed by atoms with van der Waals surface area (Å²) in [6.07, 6.45) is 1.83. The van der Waals surface area contributed by atoms with Crippen LogP contribution < -0.4 is 5.32 Å². The first kappa shape index (κ1) is 21.6. The van der Waals surface area contributed by atoms with Gasteiger partial charge in [-0.15, -0.1) is 11.3 Å². The van der Waals surface area contributed by atoms with E-state index in [0.29, 0.717) is 16.3 Å². The fourth-order valence-electron chi connectivity index (χ4n) is 2.95. The minimum atomic E-state index is -0.491. The van der Waals surface area contributed by atoms with E-state index in [9.17, 15) is 9.59 Å². The van der Waals surface area contributed by atoms with Gasteiger partial charge in [-0.05, 0) is 30.7 Å². The third-order valence-electron chi connectivity index (χ3n) is 4.90. The highest BCUT2D eigenvalue weighted by atomic mass is 32.1. The Balaban J connectivity index is 1.66. The summed E-state index contributed by atoms with van der Waals surface area (Å²) in [4.78, 5) is 33.1. The monoisotopic (exact) mass is 449 g/mol. The lowest BCUT2D eigenvalue weighted by Crippen LogP contribution is -2.27. The Labute approximate surface area is 189 Å². The Morgan fingerprint density at radius 3 is 2.59 bits per heavy atom. The van der Waals surface area contributed by atoms with E-state index in [1.807, 2.05) is 64.2 Å². The van der Waals surface area contributed by atoms with Crippen LogP contribution in [0.1, 0.15) is 36.8 Å². The Kier molecular flexibility index (Phi) is 5.52. The summed E-state index contributed by atoms with van der Waals surface area (Å²) in [6, 6.07) is 9.51. The van der Waals surface area contributed by atoms with E-state index in [-0.39, 0.29) is 11.6 Å². The van der Waals surface area contributed by atoms with Crippen molar-refractivity contribution in [2.24, 2.45) is 5.41 Å². The number of aromatic nitrogens is 4. The van der Waals surface area contributed by atoms with Crippen molar-refractivity contribution < 1.29 is 14.3 Å². The number of hydrogen-bond acceptors (Lipinski definition) is 7. The molecule has 1 aromatic carbocycles. The van der Waals surface area contributed by atoms with Crippen LogP contribution in [-0.4, -0.2) is 38.6 Å². The number of esters is 1. The summed E-state index contributed by atoms with van der Waals surface area (Å²) < 4.78 is 6.39. The predicted molar refractivity (Wildman–Crippen MR) is 124 cm³/mol. The number of benzene rings is 1. The summed E-state index contributed by atoms with van der Waals surface area (Å²) in [5.74, 6) is -0.527. The molecule has 0 bridgehead atoms. The minimum absolute atomic E-state index is 0.0474. The maximum atomic E-state index is 12.4. The Morgan fingerprint density at radius 1 is 1.09 bits per heavy atom. The second kappa shape index (κ2) is 8.16. The van der Waals surface area contributed by atoms with Gasteiger partial charge in [-0.3, -0.25) is 4.79 Å². The number of methoxy groups -OCH3 is 1. The first-order chi connectivity index (χ1) is 15.2. The summed E-state index contributed by atoms with van der Waals surface area (Å²) in [7, 11) is 1.32. The zero-order valence-electron chi connectivity index (χ0n) is 18.5. The molecule has 164 valence electrons. The van der Waals surface area contributed by atoms with Crippen LogP contribution in [-0.2, 0) is 9.53 Å². The van der Waals surface area contributed by atoms with E-state index in [0.717, 1.165) is 22.5 Å². The topological polar surface area (TPSA) is 98.5 Å². The van der Waals surface area contributed by atoms with Gasteiger partial charge in [-0.25, -0.2) is 19.3 Å². The number of rotatable bonds is 4. The van der Waals surface area contributed by atoms with Crippen molar-refractivity contribution in [1.82, 2.24) is 19.6 Å². The molecule has 3 aromatic heterocycles. The van der Waals surface area contributed by atoms with Crippen LogP contribution in [0, 0.1) is 12.3 Å². The summed E-state index contributed by atoms with van der Waals surface area (Å²) >= 11 is 1.32. The number of aryl methyl sites for hydroxylation is 1. The number of ether oxygens (including phenoxy) is 1. The van der Waals surface area contributed by atoms with Crippen LogP contribution in [0.15, 0.2) is 41.9 Å². The third kappa shape index (κ3) is 4.24. The van der Waals surface area contributed by atoms with Gasteiger partial charge in [-0.1, -0.05) is 32.9 Å². The average molecular weight is 450 g/mol. The predicted octanol–water partition coefficient (Wildman–Crippen LogP) is 4.60. The van der Waals surface area contributed by atoms with E-state index >= 15 is 0 Å². The molecule has 1 N–H and O–H groups in total. The molecule has 4 aromatic rings. The van der Waals surface area contributed by atoms with Crippen molar-refractivity contribution in [3.05, 3.63) is 53.2 Å². The molecule has 8 nitrogen and oxygen atoms in total. The lowest BCUT2D eigenvalue weighted by atomic mass is 9.95. The summed E-state index contributed by atoms with van der Waals surface area (Å²) in [5, 5.41) is 9.86. The van der Waals surface area contributed by atoms with Crippen molar-refractivity contribution in [1.29, 1.82) is 0 Å². The molecule has 0 spiro atoms. The number of nitrogens with one attached hydrogen (secondary N) is 1. The summed E-state index contributed by atoms with van der Waals surface area (Å²) in [6.45, 7) is 7.59. The van der Waals surface area contributed by atoms with Gasteiger partial charge in [0.25, 0.3) is 0 Å². The molecule has 3 heterocycles. The molecule has 0 radical (unpaired) electrons. The number of amides is 1. The fraction of sp³-hybridized carbons (Fsp3) is 0.261. The SMILES string of the molecule is COC(=O)c1csc(-c2ccc3nc(-c4ccc(C)c(NC(=O)C(C)(C)C)c4)cn3n2)n1. The van der Waals surface area contributed by atoms with Gasteiger partial charge in [0.1, 0.15) is 10.7 Å². The largest absolute Gasteiger partial charge is 0.464 e. The standard InChI is InChI=1S/C23H23N5O3S/c1-13-6-7-14(10-16(13)26-22(30)23(2,3)4)17-11-28-19(24-17)9-8-15(27-28)20-25-18(12-32-20)21(29)31-5/h6-12H,1-5H3,(H,26,30). The van der Waals surface area contributed by atoms with Crippen LogP contribution >= 0.6 is 11.3 Å². The first-order valence-corrected chi connectivity index (χ1v) is 10.9. The highest BCUT2D eigenvalue weighted by molar-refractivity contribution is 7.13. The Morgan fingerprint density at radius 2 is 1.88 bits per heavy atom. The van der Waals surface area contributed by atoms with Crippen molar-refractivity contribution in [3.63, 3.8) is 0 Å². The van der Waals surface area contributed by atoms with Crippen molar-refractivity contribution in [2.75, 3.05) is 12.4 Å². The third-order valence-corrected chi connectivity index (χ3v) is 5.77. The van der Waals surface area contributed by atoms with Gasteiger partial charge in [0.2, 0.25) is 5.91 Å². The quantitative estimate of drug-likeness (QED) is 0.457. The number of carbonyl (C=O) groups is 2. The van der Waals surface area contributed by atoms with Gasteiger partial charge >= 0.3 is 5.97 Å². The fourth-order valence-corrected chi connectivity index (χ4v) is 3.70. The Bertz CT molecular complexity index is 1330. The van der Waals surface area contributed by atoms with E-state index in [2.05, 4.69) is 20.4 Å². The molecule has 0 aliphatic carbocycles. The molecule has 0 saturated heterocycles. The molecule has 0 atom stereocenters. The average Bonchev–Trinajstić information content (AvgIpc) is 3.40. The van der Waals surface area contributed by atoms with Gasteiger partial charge in [0.15, 0.2) is 11.3 Å². The molecular weight excluding hydrogens is 426 g/mol. The summed E-state index contributed by atoms with van der Waals surface area (Å²) in [5.41, 5.74) is 4.40. The number of anilines is 1. The molecule has 0 unspecified atom stereocenters. The smallest absolute Gasteiger partial charge is 0.357 e. The minimum Gasteiger partial charge on any atom is -0.464 e. The van der Waals surface area contributed by atoms with Crippen LogP contribution in [0.2, 0.25) is 0 Å². The molecule has 32 heavy (non-hydrogen) atoms. The zero-order chi connectivity index (χ0) is 23.0.